The highest BCUT2D eigenvalue weighted by atomic mass is 19.4. The summed E-state index contributed by atoms with van der Waals surface area (Å²) in [6.07, 6.45) is -5.23. The van der Waals surface area contributed by atoms with Gasteiger partial charge in [0.2, 0.25) is 17.7 Å². The number of halogens is 3. The first-order valence-corrected chi connectivity index (χ1v) is 15.9. The van der Waals surface area contributed by atoms with E-state index in [4.69, 9.17) is 9.47 Å². The average Bonchev–Trinajstić information content (AvgIpc) is 3.76. The number of nitrogens with one attached hydrogen (secondary N) is 2. The zero-order chi connectivity index (χ0) is 36.4. The van der Waals surface area contributed by atoms with E-state index >= 15 is 0 Å². The van der Waals surface area contributed by atoms with Gasteiger partial charge in [-0.1, -0.05) is 18.2 Å². The lowest BCUT2D eigenvalue weighted by Gasteiger charge is -2.35. The van der Waals surface area contributed by atoms with Crippen LogP contribution in [0.4, 0.5) is 18.0 Å². The van der Waals surface area contributed by atoms with Crippen molar-refractivity contribution in [3.8, 4) is 11.6 Å². The van der Waals surface area contributed by atoms with Crippen molar-refractivity contribution in [2.24, 2.45) is 0 Å². The number of hydrogen-bond donors (Lipinski definition) is 3. The van der Waals surface area contributed by atoms with Crippen LogP contribution in [0.3, 0.4) is 0 Å². The molecule has 5 amide bonds. The molecule has 272 valence electrons. The number of carboxylic acids is 1. The van der Waals surface area contributed by atoms with Gasteiger partial charge in [-0.3, -0.25) is 24.0 Å². The van der Waals surface area contributed by atoms with Gasteiger partial charge >= 0.3 is 18.2 Å². The number of aliphatic carboxylic acids is 1. The molecule has 4 rings (SSSR count). The van der Waals surface area contributed by atoms with E-state index in [1.165, 1.54) is 20.5 Å². The van der Waals surface area contributed by atoms with Gasteiger partial charge in [-0.15, -0.1) is 0 Å². The highest BCUT2D eigenvalue weighted by molar-refractivity contribution is 5.96. The van der Waals surface area contributed by atoms with Crippen LogP contribution >= 0.6 is 0 Å². The highest BCUT2D eigenvalue weighted by Crippen LogP contribution is 2.23. The van der Waals surface area contributed by atoms with Crippen LogP contribution in [0.1, 0.15) is 43.1 Å². The Bertz CT molecular complexity index is 1550. The summed E-state index contributed by atoms with van der Waals surface area (Å²) in [6, 6.07) is 7.22. The Morgan fingerprint density at radius 2 is 1.70 bits per heavy atom. The molecule has 3 N–H and O–H groups in total. The van der Waals surface area contributed by atoms with Crippen molar-refractivity contribution in [1.82, 2.24) is 35.1 Å². The van der Waals surface area contributed by atoms with Gasteiger partial charge in [-0.2, -0.15) is 18.3 Å². The summed E-state index contributed by atoms with van der Waals surface area (Å²) in [6.45, 7) is 0.448. The predicted octanol–water partition coefficient (Wildman–Crippen LogP) is 1.18. The topological polar surface area (TPSA) is 193 Å². The molecule has 2 aliphatic rings. The van der Waals surface area contributed by atoms with Crippen molar-refractivity contribution in [1.29, 1.82) is 0 Å². The molecule has 19 heteroatoms. The van der Waals surface area contributed by atoms with Crippen molar-refractivity contribution in [3.63, 3.8) is 0 Å². The molecular weight excluding hydrogens is 671 g/mol. The Kier molecular flexibility index (Phi) is 12.6. The molecule has 3 heterocycles. The number of piperazine rings is 1. The van der Waals surface area contributed by atoms with Crippen LogP contribution in [-0.2, 0) is 23.9 Å². The molecule has 0 radical (unpaired) electrons. The van der Waals surface area contributed by atoms with E-state index in [2.05, 4.69) is 10.4 Å². The molecule has 2 saturated heterocycles. The molecule has 0 aliphatic carbocycles. The van der Waals surface area contributed by atoms with Crippen molar-refractivity contribution < 1.29 is 56.5 Å². The van der Waals surface area contributed by atoms with Gasteiger partial charge in [0.1, 0.15) is 18.6 Å². The number of ether oxygens (including phenoxy) is 2. The monoisotopic (exact) mass is 709 g/mol. The normalized spacial score (nSPS) is 16.8. The number of para-hydroxylation sites is 1. The fourth-order valence-corrected chi connectivity index (χ4v) is 5.50. The number of amides is 5. The number of alkyl halides is 3. The zero-order valence-electron chi connectivity index (χ0n) is 27.2. The van der Waals surface area contributed by atoms with Gasteiger partial charge in [0.15, 0.2) is 12.3 Å². The summed E-state index contributed by atoms with van der Waals surface area (Å²) in [5.74, 6) is -4.26. The van der Waals surface area contributed by atoms with Gasteiger partial charge in [-0.05, 0) is 38.3 Å². The van der Waals surface area contributed by atoms with E-state index in [0.29, 0.717) is 12.1 Å². The summed E-state index contributed by atoms with van der Waals surface area (Å²) in [7, 11) is 0. The zero-order valence-corrected chi connectivity index (χ0v) is 27.2. The number of likely N-dealkylation sites (tertiary alicyclic amines) is 1. The maximum absolute atomic E-state index is 13.5. The van der Waals surface area contributed by atoms with Crippen LogP contribution < -0.4 is 15.4 Å². The minimum atomic E-state index is -4.61. The molecule has 16 nitrogen and oxygen atoms in total. The first-order chi connectivity index (χ1) is 23.8. The number of aromatic nitrogens is 2. The van der Waals surface area contributed by atoms with Crippen LogP contribution in [0.15, 0.2) is 36.4 Å². The molecule has 2 aliphatic heterocycles. The van der Waals surface area contributed by atoms with Crippen molar-refractivity contribution >= 4 is 35.7 Å². The SMILES string of the molecule is CCOC(=O)N1CCN(C(=O)C(CCC(=O)O)NC(=O)c2cc(OCC(=O)N3CCCC3C(=O)NCC(F)(F)F)n(-c3ccccc3)n2)CC1. The molecule has 2 atom stereocenters. The number of benzene rings is 1. The number of carboxylic acid groups (broad SMARTS) is 1. The molecule has 0 bridgehead atoms. The molecule has 2 fully saturated rings. The van der Waals surface area contributed by atoms with Gasteiger partial charge in [0, 0.05) is 45.2 Å². The number of rotatable bonds is 13. The molecular formula is C31H38F3N7O9. The van der Waals surface area contributed by atoms with Gasteiger partial charge < -0.3 is 39.9 Å². The Morgan fingerprint density at radius 1 is 1.02 bits per heavy atom. The van der Waals surface area contributed by atoms with Crippen LogP contribution in [0.25, 0.3) is 5.69 Å². The van der Waals surface area contributed by atoms with Crippen molar-refractivity contribution in [2.75, 3.05) is 52.5 Å². The van der Waals surface area contributed by atoms with Crippen molar-refractivity contribution in [2.45, 2.75) is 50.9 Å². The second-order valence-corrected chi connectivity index (χ2v) is 11.5. The van der Waals surface area contributed by atoms with E-state index in [0.717, 1.165) is 4.90 Å². The quantitative estimate of drug-likeness (QED) is 0.272. The van der Waals surface area contributed by atoms with Crippen LogP contribution in [0.2, 0.25) is 0 Å². The maximum Gasteiger partial charge on any atom is 0.409 e. The van der Waals surface area contributed by atoms with Crippen LogP contribution in [-0.4, -0.2) is 136 Å². The molecule has 50 heavy (non-hydrogen) atoms. The second kappa shape index (κ2) is 16.8. The van der Waals surface area contributed by atoms with E-state index in [1.54, 1.807) is 42.6 Å². The van der Waals surface area contributed by atoms with Crippen LogP contribution in [0, 0.1) is 0 Å². The summed E-state index contributed by atoms with van der Waals surface area (Å²) in [4.78, 5) is 79.8. The molecule has 2 unspecified atom stereocenters. The molecule has 0 spiro atoms. The van der Waals surface area contributed by atoms with E-state index in [1.807, 2.05) is 0 Å². The number of hydrogen-bond acceptors (Lipinski definition) is 9. The number of carbonyl (C=O) groups is 6. The Labute approximate surface area is 284 Å². The average molecular weight is 710 g/mol. The van der Waals surface area contributed by atoms with E-state index in [9.17, 15) is 47.0 Å². The number of carbonyl (C=O) groups excluding carboxylic acids is 5. The molecule has 1 aromatic carbocycles. The predicted molar refractivity (Wildman–Crippen MR) is 166 cm³/mol. The fourth-order valence-electron chi connectivity index (χ4n) is 5.50. The standard InChI is InChI=1S/C31H38F3N7O9/c1-2-49-30(48)39-15-13-38(14-16-39)29(47)21(10-11-26(43)44)36-27(45)22-17-25(41(37-22)20-7-4-3-5-8-20)50-18-24(42)40-12-6-9-23(40)28(46)35-19-31(32,33)34/h3-5,7-8,17,21,23H,2,6,9-16,18-19H2,1H3,(H,35,46)(H,36,45)(H,43,44). The van der Waals surface area contributed by atoms with Gasteiger partial charge in [0.05, 0.1) is 12.3 Å². The smallest absolute Gasteiger partial charge is 0.409 e. The lowest BCUT2D eigenvalue weighted by Crippen LogP contribution is -2.56. The third-order valence-corrected chi connectivity index (χ3v) is 7.96. The first-order valence-electron chi connectivity index (χ1n) is 15.9. The Hall–Kier alpha value is -5.36. The van der Waals surface area contributed by atoms with E-state index < -0.39 is 73.5 Å². The van der Waals surface area contributed by atoms with Crippen molar-refractivity contribution in [3.05, 3.63) is 42.1 Å². The lowest BCUT2D eigenvalue weighted by atomic mass is 10.1. The molecule has 2 aromatic rings. The molecule has 1 aromatic heterocycles. The summed E-state index contributed by atoms with van der Waals surface area (Å²) in [5.41, 5.74) is 0.194. The summed E-state index contributed by atoms with van der Waals surface area (Å²) >= 11 is 0. The summed E-state index contributed by atoms with van der Waals surface area (Å²) < 4.78 is 49.8. The largest absolute Gasteiger partial charge is 0.481 e. The number of nitrogens with zero attached hydrogens (tertiary/aromatic N) is 5. The Balaban J connectivity index is 1.47. The third-order valence-electron chi connectivity index (χ3n) is 7.96. The Morgan fingerprint density at radius 3 is 2.34 bits per heavy atom. The maximum atomic E-state index is 13.5. The highest BCUT2D eigenvalue weighted by Gasteiger charge is 2.37. The third kappa shape index (κ3) is 10.1. The van der Waals surface area contributed by atoms with Crippen LogP contribution in [0.5, 0.6) is 5.88 Å². The minimum absolute atomic E-state index is 0.0736. The van der Waals surface area contributed by atoms with E-state index in [-0.39, 0.29) is 63.7 Å². The second-order valence-electron chi connectivity index (χ2n) is 11.5. The first kappa shape index (κ1) is 37.5. The lowest BCUT2D eigenvalue weighted by molar-refractivity contribution is -0.145. The minimum Gasteiger partial charge on any atom is -0.481 e. The van der Waals surface area contributed by atoms with Gasteiger partial charge in [0.25, 0.3) is 11.8 Å². The summed E-state index contributed by atoms with van der Waals surface area (Å²) in [5, 5.41) is 17.9. The molecule has 0 saturated carbocycles. The fraction of sp³-hybridized carbons (Fsp3) is 0.516. The van der Waals surface area contributed by atoms with Gasteiger partial charge in [-0.25, -0.2) is 9.48 Å².